The third-order valence-corrected chi connectivity index (χ3v) is 14.1. The number of tetrazole rings is 4. The molecule has 0 atom stereocenters. The van der Waals surface area contributed by atoms with E-state index < -0.39 is 11.4 Å². The van der Waals surface area contributed by atoms with E-state index in [4.69, 9.17) is 35.6 Å². The van der Waals surface area contributed by atoms with E-state index in [0.717, 1.165) is 33.8 Å². The maximum atomic E-state index is 12.1. The molecule has 0 spiro atoms. The largest absolute Gasteiger partial charge is 0.478 e. The van der Waals surface area contributed by atoms with Gasteiger partial charge in [-0.25, -0.2) is 49.1 Å². The zero-order valence-electron chi connectivity index (χ0n) is 50.9. The monoisotopic (exact) mass is 1280 g/mol. The lowest BCUT2D eigenvalue weighted by Gasteiger charge is -2.12. The Morgan fingerprint density at radius 1 is 0.489 bits per heavy atom. The van der Waals surface area contributed by atoms with Gasteiger partial charge in [0.05, 0.1) is 46.1 Å². The number of hydrogen-bond acceptors (Lipinski definition) is 29. The van der Waals surface area contributed by atoms with Crippen molar-refractivity contribution in [3.05, 3.63) is 183 Å². The van der Waals surface area contributed by atoms with Gasteiger partial charge in [0.15, 0.2) is 0 Å². The van der Waals surface area contributed by atoms with Crippen LogP contribution in [0.1, 0.15) is 51.7 Å². The van der Waals surface area contributed by atoms with Gasteiger partial charge in [-0.1, -0.05) is 51.9 Å². The summed E-state index contributed by atoms with van der Waals surface area (Å²) in [6.45, 7) is 8.18. The molecule has 0 amide bonds. The van der Waals surface area contributed by atoms with Gasteiger partial charge < -0.3 is 23.7 Å². The Morgan fingerprint density at radius 2 is 0.841 bits per heavy atom. The number of hydrogen-bond donors (Lipinski definition) is 0. The minimum atomic E-state index is -0.414. The minimum absolute atomic E-state index is 0.0404. The zero-order chi connectivity index (χ0) is 65.6. The molecule has 12 aromatic rings. The summed E-state index contributed by atoms with van der Waals surface area (Å²) in [6, 6.07) is 6.57. The highest BCUT2D eigenvalue weighted by molar-refractivity contribution is 7.12. The van der Waals surface area contributed by atoms with E-state index in [9.17, 15) is 19.2 Å². The van der Waals surface area contributed by atoms with Crippen LogP contribution in [0, 0.1) is 19.3 Å². The van der Waals surface area contributed by atoms with Crippen LogP contribution >= 0.6 is 45.3 Å². The van der Waals surface area contributed by atoms with Gasteiger partial charge in [-0.2, -0.15) is 37.5 Å². The molecule has 0 fully saturated rings. The predicted molar refractivity (Wildman–Crippen MR) is 317 cm³/mol. The third-order valence-electron chi connectivity index (χ3n) is 11.6. The molecule has 12 heterocycles. The molecule has 0 aliphatic heterocycles. The second-order valence-corrected chi connectivity index (χ2v) is 20.2. The van der Waals surface area contributed by atoms with Crippen LogP contribution in [0.5, 0.6) is 26.7 Å². The number of nitrogens with zero attached hydrogens (tertiary/aromatic N) is 24. The van der Waals surface area contributed by atoms with Crippen molar-refractivity contribution in [1.82, 2.24) is 119 Å². The highest BCUT2D eigenvalue weighted by Crippen LogP contribution is 2.26. The van der Waals surface area contributed by atoms with E-state index in [0.29, 0.717) is 89.7 Å². The van der Waals surface area contributed by atoms with Crippen LogP contribution in [-0.2, 0) is 54.6 Å². The van der Waals surface area contributed by atoms with Gasteiger partial charge in [0.1, 0.15) is 32.1 Å². The highest BCUT2D eigenvalue weighted by Gasteiger charge is 2.21. The summed E-state index contributed by atoms with van der Waals surface area (Å²) in [7, 11) is 6.05. The molecule has 0 bridgehead atoms. The van der Waals surface area contributed by atoms with Crippen molar-refractivity contribution in [3.8, 4) is 61.7 Å². The minimum Gasteiger partial charge on any atom is -0.478 e. The summed E-state index contributed by atoms with van der Waals surface area (Å²) in [5.41, 5.74) is 4.47. The first-order chi connectivity index (χ1) is 44.3. The normalized spacial score (nSPS) is 11.2. The Bertz CT molecular complexity index is 4840. The van der Waals surface area contributed by atoms with E-state index in [1.54, 1.807) is 64.3 Å². The smallest absolute Gasteiger partial charge is 0.368 e. The molecule has 450 valence electrons. The second-order valence-electron chi connectivity index (χ2n) is 17.0. The molecule has 0 N–H and O–H groups in total. The number of thiazole rings is 4. The van der Waals surface area contributed by atoms with Crippen molar-refractivity contribution in [3.63, 3.8) is 0 Å². The number of terminal acetylenes is 1. The lowest BCUT2D eigenvalue weighted by Crippen LogP contribution is -2.23. The van der Waals surface area contributed by atoms with Crippen LogP contribution in [0.3, 0.4) is 0 Å². The second kappa shape index (κ2) is 29.1. The molecule has 37 heteroatoms. The maximum Gasteiger partial charge on any atom is 0.368 e. The van der Waals surface area contributed by atoms with Crippen LogP contribution in [-0.4, -0.2) is 126 Å². The van der Waals surface area contributed by atoms with E-state index in [1.807, 2.05) is 13.8 Å². The fourth-order valence-electron chi connectivity index (χ4n) is 7.38. The third kappa shape index (κ3) is 14.5. The van der Waals surface area contributed by atoms with Crippen LogP contribution in [0.2, 0.25) is 0 Å². The Balaban J connectivity index is 0.000000145. The van der Waals surface area contributed by atoms with Crippen LogP contribution in [0.4, 0.5) is 0 Å². The van der Waals surface area contributed by atoms with Crippen molar-refractivity contribution in [2.45, 2.75) is 40.3 Å². The quantitative estimate of drug-likeness (QED) is 0.105. The predicted octanol–water partition coefficient (Wildman–Crippen LogP) is 2.92. The molecule has 12 rings (SSSR count). The van der Waals surface area contributed by atoms with Gasteiger partial charge in [0.25, 0.3) is 20.8 Å². The van der Waals surface area contributed by atoms with Crippen molar-refractivity contribution in [2.75, 3.05) is 6.61 Å². The summed E-state index contributed by atoms with van der Waals surface area (Å²) in [6.07, 6.45) is 13.8. The Labute approximate surface area is 517 Å². The molecule has 12 aromatic heterocycles. The molecule has 0 unspecified atom stereocenters. The number of ether oxygens (including phenoxy) is 5. The SMILES string of the molecule is [3H]c1csc(OCc2c(-n3nnn(C)c3=O)ccnc2C#C)n1.[3H]c1csc(OCc2c(-n3nnn(C)c3=O)ccnc2C)n1.[3H]c1csc(OCc2c(-n3nnn(C)c3=O)ccnc2C=C)n1.[3H]c1csc(OCc2c(-n3nnn(C)c3=O)ccnc2OCC)n1. The summed E-state index contributed by atoms with van der Waals surface area (Å²) < 4.78 is 66.6. The van der Waals surface area contributed by atoms with Crippen molar-refractivity contribution < 1.29 is 29.2 Å². The first-order valence-corrected chi connectivity index (χ1v) is 28.6. The Hall–Kier alpha value is -11.1. The van der Waals surface area contributed by atoms with Crippen LogP contribution in [0.25, 0.3) is 28.8 Å². The molecule has 0 aromatic carbocycles. The van der Waals surface area contributed by atoms with Crippen molar-refractivity contribution in [2.24, 2.45) is 28.2 Å². The average molecular weight is 1280 g/mol. The van der Waals surface area contributed by atoms with Gasteiger partial charge in [0.2, 0.25) is 5.88 Å². The summed E-state index contributed by atoms with van der Waals surface area (Å²) in [4.78, 5) is 80.6. The first kappa shape index (κ1) is 56.1. The molecule has 0 aliphatic rings. The zero-order valence-corrected chi connectivity index (χ0v) is 50.1. The summed E-state index contributed by atoms with van der Waals surface area (Å²) in [5, 5.41) is 37.8. The maximum absolute atomic E-state index is 12.1. The standard InChI is InChI=1S/C13H14N6O3S.C13H12N6O2S.C13H10N6O2S.C12H12N6O2S/c1-3-21-11-9(8-22-12-15-6-7-23-12)10(4-5-14-11)19-13(20)18(2)16-17-19;2*1-3-10-9(8-21-12-15-6-7-22-12)11(4-5-14-10)19-13(20)18(2)16-17-19;1-8-9(7-20-11-14-5-6-21-11)10(3-4-13-8)18-12(19)17(2)15-16-18/h4-7H,3,8H2,1-2H3;3-7H,1,8H2,2H3;1,4-7H,8H2,2H3;3-6H,7H2,1-2H3/i3*6T;5T. The van der Waals surface area contributed by atoms with Gasteiger partial charge in [0, 0.05) is 122 Å². The number of aromatic nitrogens is 24. The van der Waals surface area contributed by atoms with Crippen LogP contribution in [0.15, 0.2) is 121 Å². The molecular weight excluding hydrogens is 1220 g/mol. The lowest BCUT2D eigenvalue weighted by atomic mass is 10.1. The molecular formula is C51H48N24O9S4. The fraction of sp³-hybridized carbons (Fsp3) is 0.216. The van der Waals surface area contributed by atoms with Crippen molar-refractivity contribution >= 4 is 51.4 Å². The Kier molecular flexibility index (Phi) is 18.6. The van der Waals surface area contributed by atoms with Gasteiger partial charge in [-0.05, 0) is 91.8 Å². The van der Waals surface area contributed by atoms with Crippen LogP contribution < -0.4 is 46.4 Å². The van der Waals surface area contributed by atoms with E-state index in [2.05, 4.69) is 94.1 Å². The topological polar surface area (TPSA) is 360 Å². The number of pyridine rings is 4. The fourth-order valence-corrected chi connectivity index (χ4v) is 9.13. The summed E-state index contributed by atoms with van der Waals surface area (Å²) >= 11 is 4.88. The number of aryl methyl sites for hydroxylation is 5. The van der Waals surface area contributed by atoms with E-state index >= 15 is 0 Å². The Morgan fingerprint density at radius 3 is 1.22 bits per heavy atom. The lowest BCUT2D eigenvalue weighted by molar-refractivity contribution is 0.279. The van der Waals surface area contributed by atoms with Gasteiger partial charge >= 0.3 is 22.8 Å². The highest BCUT2D eigenvalue weighted by atomic mass is 32.1. The van der Waals surface area contributed by atoms with Gasteiger partial charge in [-0.3, -0.25) is 9.97 Å². The molecule has 0 aliphatic carbocycles. The first-order valence-electron chi connectivity index (χ1n) is 27.1. The molecule has 33 nitrogen and oxygen atoms in total. The van der Waals surface area contributed by atoms with Crippen molar-refractivity contribution in [1.29, 1.82) is 0 Å². The van der Waals surface area contributed by atoms with E-state index in [1.165, 1.54) is 95.3 Å². The average Bonchev–Trinajstić information content (AvgIpc) is 1.75. The molecule has 0 saturated carbocycles. The molecule has 0 radical (unpaired) electrons. The van der Waals surface area contributed by atoms with E-state index in [-0.39, 0.29) is 62.5 Å². The molecule has 88 heavy (non-hydrogen) atoms. The van der Waals surface area contributed by atoms with Gasteiger partial charge in [-0.15, -0.1) is 6.42 Å². The number of rotatable bonds is 19. The summed E-state index contributed by atoms with van der Waals surface area (Å²) in [5.74, 6) is 2.80. The molecule has 0 saturated heterocycles.